The van der Waals surface area contributed by atoms with Gasteiger partial charge in [0.15, 0.2) is 0 Å². The number of nitrogens with one attached hydrogen (secondary N) is 1. The standard InChI is InChI=1S/C14H20N2OS/c1-10(12-6-4-3-5-7-12)15-14(17)8-13-9-18-11(2)16-13/h6,9-10H,3-5,7-8H2,1-2H3,(H,15,17). The minimum Gasteiger partial charge on any atom is -0.350 e. The van der Waals surface area contributed by atoms with Crippen molar-refractivity contribution in [3.63, 3.8) is 0 Å². The first kappa shape index (κ1) is 13.3. The van der Waals surface area contributed by atoms with Gasteiger partial charge in [0.1, 0.15) is 0 Å². The smallest absolute Gasteiger partial charge is 0.226 e. The number of aryl methyl sites for hydroxylation is 1. The summed E-state index contributed by atoms with van der Waals surface area (Å²) >= 11 is 1.59. The van der Waals surface area contributed by atoms with E-state index in [9.17, 15) is 4.79 Å². The summed E-state index contributed by atoms with van der Waals surface area (Å²) < 4.78 is 0. The summed E-state index contributed by atoms with van der Waals surface area (Å²) in [4.78, 5) is 16.2. The van der Waals surface area contributed by atoms with Crippen LogP contribution in [0.2, 0.25) is 0 Å². The van der Waals surface area contributed by atoms with Gasteiger partial charge < -0.3 is 5.32 Å². The molecule has 0 fully saturated rings. The number of thiazole rings is 1. The predicted molar refractivity (Wildman–Crippen MR) is 74.7 cm³/mol. The highest BCUT2D eigenvalue weighted by Crippen LogP contribution is 2.20. The molecule has 1 aliphatic rings. The zero-order valence-corrected chi connectivity index (χ0v) is 11.8. The van der Waals surface area contributed by atoms with Crippen molar-refractivity contribution in [2.75, 3.05) is 0 Å². The quantitative estimate of drug-likeness (QED) is 0.849. The normalized spacial score (nSPS) is 17.1. The lowest BCUT2D eigenvalue weighted by Crippen LogP contribution is -2.35. The van der Waals surface area contributed by atoms with Gasteiger partial charge in [0.25, 0.3) is 0 Å². The Bertz CT molecular complexity index is 450. The van der Waals surface area contributed by atoms with Gasteiger partial charge in [-0.2, -0.15) is 0 Å². The van der Waals surface area contributed by atoms with Crippen molar-refractivity contribution in [2.24, 2.45) is 0 Å². The summed E-state index contributed by atoms with van der Waals surface area (Å²) in [6.45, 7) is 4.03. The van der Waals surface area contributed by atoms with E-state index >= 15 is 0 Å². The molecule has 4 heteroatoms. The highest BCUT2D eigenvalue weighted by atomic mass is 32.1. The van der Waals surface area contributed by atoms with E-state index in [2.05, 4.69) is 23.3 Å². The van der Waals surface area contributed by atoms with Crippen molar-refractivity contribution in [3.8, 4) is 0 Å². The molecular weight excluding hydrogens is 244 g/mol. The zero-order chi connectivity index (χ0) is 13.0. The number of nitrogens with zero attached hydrogens (tertiary/aromatic N) is 1. The fraction of sp³-hybridized carbons (Fsp3) is 0.571. The molecule has 0 aromatic carbocycles. The Morgan fingerprint density at radius 1 is 1.56 bits per heavy atom. The van der Waals surface area contributed by atoms with Crippen molar-refractivity contribution in [1.82, 2.24) is 10.3 Å². The van der Waals surface area contributed by atoms with E-state index in [0.717, 1.165) is 23.5 Å². The second-order valence-electron chi connectivity index (χ2n) is 4.85. The fourth-order valence-corrected chi connectivity index (χ4v) is 2.91. The second-order valence-corrected chi connectivity index (χ2v) is 5.91. The Morgan fingerprint density at radius 2 is 2.39 bits per heavy atom. The Balaban J connectivity index is 1.85. The molecule has 3 nitrogen and oxygen atoms in total. The van der Waals surface area contributed by atoms with Crippen molar-refractivity contribution in [3.05, 3.63) is 27.7 Å². The molecule has 0 bridgehead atoms. The van der Waals surface area contributed by atoms with E-state index in [1.54, 1.807) is 11.3 Å². The molecule has 1 N–H and O–H groups in total. The molecule has 2 rings (SSSR count). The van der Waals surface area contributed by atoms with E-state index < -0.39 is 0 Å². The third-order valence-electron chi connectivity index (χ3n) is 3.27. The highest BCUT2D eigenvalue weighted by molar-refractivity contribution is 7.09. The minimum absolute atomic E-state index is 0.0688. The first-order chi connectivity index (χ1) is 8.65. The Morgan fingerprint density at radius 3 is 3.00 bits per heavy atom. The Labute approximate surface area is 112 Å². The van der Waals surface area contributed by atoms with Gasteiger partial charge in [-0.3, -0.25) is 4.79 Å². The third kappa shape index (κ3) is 3.67. The van der Waals surface area contributed by atoms with Gasteiger partial charge in [-0.25, -0.2) is 4.98 Å². The van der Waals surface area contributed by atoms with Crippen molar-refractivity contribution >= 4 is 17.2 Å². The molecule has 1 aromatic rings. The van der Waals surface area contributed by atoms with E-state index in [-0.39, 0.29) is 11.9 Å². The Kier molecular flexibility index (Phi) is 4.53. The maximum absolute atomic E-state index is 11.9. The van der Waals surface area contributed by atoms with Gasteiger partial charge in [-0.15, -0.1) is 11.3 Å². The van der Waals surface area contributed by atoms with Crippen LogP contribution in [0.3, 0.4) is 0 Å². The molecule has 0 saturated carbocycles. The number of aromatic nitrogens is 1. The van der Waals surface area contributed by atoms with Crippen LogP contribution < -0.4 is 5.32 Å². The lowest BCUT2D eigenvalue weighted by atomic mass is 9.94. The number of rotatable bonds is 4. The maximum atomic E-state index is 11.9. The van der Waals surface area contributed by atoms with E-state index in [0.29, 0.717) is 6.42 Å². The number of hydrogen-bond donors (Lipinski definition) is 1. The summed E-state index contributed by atoms with van der Waals surface area (Å²) in [5.41, 5.74) is 2.25. The highest BCUT2D eigenvalue weighted by Gasteiger charge is 2.14. The largest absolute Gasteiger partial charge is 0.350 e. The molecule has 0 saturated heterocycles. The lowest BCUT2D eigenvalue weighted by molar-refractivity contribution is -0.120. The SMILES string of the molecule is Cc1nc(CC(=O)NC(C)C2=CCCCC2)cs1. The summed E-state index contributed by atoms with van der Waals surface area (Å²) in [6.07, 6.45) is 7.47. The lowest BCUT2D eigenvalue weighted by Gasteiger charge is -2.20. The number of carbonyl (C=O) groups is 1. The monoisotopic (exact) mass is 264 g/mol. The predicted octanol–water partition coefficient (Wildman–Crippen LogP) is 3.00. The number of allylic oxidation sites excluding steroid dienone is 1. The Hall–Kier alpha value is -1.16. The molecule has 0 aliphatic heterocycles. The molecule has 0 spiro atoms. The summed E-state index contributed by atoms with van der Waals surface area (Å²) in [7, 11) is 0. The van der Waals surface area contributed by atoms with E-state index in [1.807, 2.05) is 12.3 Å². The van der Waals surface area contributed by atoms with Crippen LogP contribution in [-0.2, 0) is 11.2 Å². The second kappa shape index (κ2) is 6.14. The fourth-order valence-electron chi connectivity index (χ4n) is 2.30. The van der Waals surface area contributed by atoms with Crippen molar-refractivity contribution in [1.29, 1.82) is 0 Å². The van der Waals surface area contributed by atoms with Crippen LogP contribution in [0.25, 0.3) is 0 Å². The van der Waals surface area contributed by atoms with Crippen LogP contribution >= 0.6 is 11.3 Å². The number of amides is 1. The zero-order valence-electron chi connectivity index (χ0n) is 11.0. The molecule has 1 unspecified atom stereocenters. The van der Waals surface area contributed by atoms with Gasteiger partial charge in [0, 0.05) is 11.4 Å². The maximum Gasteiger partial charge on any atom is 0.226 e. The average molecular weight is 264 g/mol. The molecule has 0 radical (unpaired) electrons. The molecule has 1 aliphatic carbocycles. The van der Waals surface area contributed by atoms with Crippen molar-refractivity contribution < 1.29 is 4.79 Å². The van der Waals surface area contributed by atoms with Gasteiger partial charge >= 0.3 is 0 Å². The van der Waals surface area contributed by atoms with Crippen LogP contribution in [0.15, 0.2) is 17.0 Å². The van der Waals surface area contributed by atoms with E-state index in [1.165, 1.54) is 18.4 Å². The van der Waals surface area contributed by atoms with Crippen LogP contribution in [0.1, 0.15) is 43.3 Å². The van der Waals surface area contributed by atoms with Gasteiger partial charge in [-0.05, 0) is 39.5 Å². The molecule has 98 valence electrons. The first-order valence-corrected chi connectivity index (χ1v) is 7.42. The van der Waals surface area contributed by atoms with Gasteiger partial charge in [0.2, 0.25) is 5.91 Å². The number of hydrogen-bond acceptors (Lipinski definition) is 3. The van der Waals surface area contributed by atoms with Crippen LogP contribution in [-0.4, -0.2) is 16.9 Å². The molecule has 1 heterocycles. The number of carbonyl (C=O) groups excluding carboxylic acids is 1. The molecule has 18 heavy (non-hydrogen) atoms. The van der Waals surface area contributed by atoms with Crippen LogP contribution in [0.5, 0.6) is 0 Å². The van der Waals surface area contributed by atoms with Crippen molar-refractivity contribution in [2.45, 2.75) is 52.0 Å². The van der Waals surface area contributed by atoms with E-state index in [4.69, 9.17) is 0 Å². The first-order valence-electron chi connectivity index (χ1n) is 6.54. The molecule has 1 amide bonds. The topological polar surface area (TPSA) is 42.0 Å². The van der Waals surface area contributed by atoms with Crippen LogP contribution in [0.4, 0.5) is 0 Å². The summed E-state index contributed by atoms with van der Waals surface area (Å²) in [5, 5.41) is 6.04. The van der Waals surface area contributed by atoms with Crippen LogP contribution in [0, 0.1) is 6.92 Å². The van der Waals surface area contributed by atoms with Gasteiger partial charge in [-0.1, -0.05) is 11.6 Å². The summed E-state index contributed by atoms with van der Waals surface area (Å²) in [6, 6.07) is 0.164. The third-order valence-corrected chi connectivity index (χ3v) is 4.09. The minimum atomic E-state index is 0.0688. The average Bonchev–Trinajstić information content (AvgIpc) is 2.75. The molecule has 1 aromatic heterocycles. The molecular formula is C14H20N2OS. The summed E-state index contributed by atoms with van der Waals surface area (Å²) in [5.74, 6) is 0.0688. The van der Waals surface area contributed by atoms with Gasteiger partial charge in [0.05, 0.1) is 17.1 Å². The molecule has 1 atom stereocenters.